The second kappa shape index (κ2) is 5.91. The molecular weight excluding hydrogens is 230 g/mol. The summed E-state index contributed by atoms with van der Waals surface area (Å²) in [6, 6.07) is 6.48. The van der Waals surface area contributed by atoms with Gasteiger partial charge in [0.2, 0.25) is 0 Å². The maximum atomic E-state index is 5.62. The number of thiophene rings is 1. The molecule has 4 heteroatoms. The number of aryl methyl sites for hydroxylation is 2. The molecule has 0 radical (unpaired) electrons. The minimum atomic E-state index is 0.222. The van der Waals surface area contributed by atoms with Crippen LogP contribution in [-0.2, 0) is 6.42 Å². The minimum Gasteiger partial charge on any atom is -0.271 e. The molecule has 0 aliphatic heterocycles. The van der Waals surface area contributed by atoms with Crippen LogP contribution in [0.25, 0.3) is 0 Å². The average Bonchev–Trinajstić information content (AvgIpc) is 2.78. The van der Waals surface area contributed by atoms with E-state index in [1.807, 2.05) is 12.3 Å². The summed E-state index contributed by atoms with van der Waals surface area (Å²) in [7, 11) is 0. The topological polar surface area (TPSA) is 50.9 Å². The minimum absolute atomic E-state index is 0.222. The van der Waals surface area contributed by atoms with Crippen LogP contribution < -0.4 is 11.3 Å². The number of nitrogens with two attached hydrogens (primary N) is 1. The van der Waals surface area contributed by atoms with Crippen LogP contribution in [0.15, 0.2) is 36.0 Å². The number of pyridine rings is 1. The Morgan fingerprint density at radius 3 is 3.00 bits per heavy atom. The zero-order valence-electron chi connectivity index (χ0n) is 9.89. The Kier molecular flexibility index (Phi) is 4.25. The molecule has 0 bridgehead atoms. The fourth-order valence-electron chi connectivity index (χ4n) is 1.85. The van der Waals surface area contributed by atoms with Crippen molar-refractivity contribution in [3.05, 3.63) is 52.0 Å². The van der Waals surface area contributed by atoms with Gasteiger partial charge in [0, 0.05) is 23.3 Å². The highest BCUT2D eigenvalue weighted by molar-refractivity contribution is 7.10. The van der Waals surface area contributed by atoms with Crippen LogP contribution in [0.4, 0.5) is 0 Å². The summed E-state index contributed by atoms with van der Waals surface area (Å²) in [6.45, 7) is 2.11. The first-order valence-electron chi connectivity index (χ1n) is 5.69. The fourth-order valence-corrected chi connectivity index (χ4v) is 2.61. The van der Waals surface area contributed by atoms with E-state index in [1.54, 1.807) is 17.5 Å². The van der Waals surface area contributed by atoms with Crippen molar-refractivity contribution in [2.24, 2.45) is 5.84 Å². The van der Waals surface area contributed by atoms with E-state index in [0.717, 1.165) is 12.8 Å². The molecule has 90 valence electrons. The van der Waals surface area contributed by atoms with Gasteiger partial charge in [0.15, 0.2) is 0 Å². The lowest BCUT2D eigenvalue weighted by Crippen LogP contribution is -2.28. The summed E-state index contributed by atoms with van der Waals surface area (Å²) in [5.74, 6) is 5.62. The van der Waals surface area contributed by atoms with Crippen LogP contribution in [0.2, 0.25) is 0 Å². The van der Waals surface area contributed by atoms with Crippen LogP contribution in [0.3, 0.4) is 0 Å². The third-order valence-corrected chi connectivity index (χ3v) is 3.68. The molecule has 3 nitrogen and oxygen atoms in total. The predicted molar refractivity (Wildman–Crippen MR) is 71.7 cm³/mol. The molecule has 2 aromatic heterocycles. The number of hydrazine groups is 1. The molecule has 2 aromatic rings. The molecule has 17 heavy (non-hydrogen) atoms. The van der Waals surface area contributed by atoms with Gasteiger partial charge in [-0.05, 0) is 48.4 Å². The van der Waals surface area contributed by atoms with Gasteiger partial charge < -0.3 is 0 Å². The van der Waals surface area contributed by atoms with Crippen molar-refractivity contribution < 1.29 is 0 Å². The van der Waals surface area contributed by atoms with Gasteiger partial charge >= 0.3 is 0 Å². The first kappa shape index (κ1) is 12.2. The molecule has 3 N–H and O–H groups in total. The molecule has 0 aliphatic carbocycles. The number of nitrogens with zero attached hydrogens (tertiary/aromatic N) is 1. The Labute approximate surface area is 106 Å². The van der Waals surface area contributed by atoms with Crippen LogP contribution in [0, 0.1) is 6.92 Å². The Morgan fingerprint density at radius 2 is 2.41 bits per heavy atom. The normalized spacial score (nSPS) is 12.6. The number of hydrogen-bond acceptors (Lipinski definition) is 4. The van der Waals surface area contributed by atoms with Gasteiger partial charge in [-0.3, -0.25) is 16.3 Å². The quantitative estimate of drug-likeness (QED) is 0.630. The van der Waals surface area contributed by atoms with E-state index < -0.39 is 0 Å². The van der Waals surface area contributed by atoms with Gasteiger partial charge in [0.05, 0.1) is 0 Å². The highest BCUT2D eigenvalue weighted by Gasteiger charge is 2.10. The summed E-state index contributed by atoms with van der Waals surface area (Å²) in [5.41, 5.74) is 5.41. The molecule has 0 saturated carbocycles. The van der Waals surface area contributed by atoms with Crippen LogP contribution in [0.5, 0.6) is 0 Å². The third-order valence-electron chi connectivity index (χ3n) is 2.80. The Balaban J connectivity index is 1.97. The molecule has 0 spiro atoms. The first-order chi connectivity index (χ1) is 8.29. The maximum absolute atomic E-state index is 5.62. The number of hydrogen-bond donors (Lipinski definition) is 2. The average molecular weight is 247 g/mol. The SMILES string of the molecule is Cc1cc(C(CCc2cccnc2)NN)cs1. The Hall–Kier alpha value is -1.23. The third kappa shape index (κ3) is 3.36. The molecule has 2 heterocycles. The Morgan fingerprint density at radius 1 is 1.53 bits per heavy atom. The smallest absolute Gasteiger partial charge is 0.0471 e. The largest absolute Gasteiger partial charge is 0.271 e. The predicted octanol–water partition coefficient (Wildman–Crippen LogP) is 2.59. The molecule has 0 aromatic carbocycles. The first-order valence-corrected chi connectivity index (χ1v) is 6.57. The second-order valence-electron chi connectivity index (χ2n) is 4.11. The maximum Gasteiger partial charge on any atom is 0.0471 e. The van der Waals surface area contributed by atoms with Gasteiger partial charge in [-0.1, -0.05) is 6.07 Å². The number of aromatic nitrogens is 1. The van der Waals surface area contributed by atoms with Crippen molar-refractivity contribution in [1.29, 1.82) is 0 Å². The molecular formula is C13H17N3S. The summed E-state index contributed by atoms with van der Waals surface area (Å²) >= 11 is 1.76. The lowest BCUT2D eigenvalue weighted by atomic mass is 10.0. The number of rotatable bonds is 5. The lowest BCUT2D eigenvalue weighted by Gasteiger charge is -2.14. The standard InChI is InChI=1S/C13H17N3S/c1-10-7-12(9-17-10)13(16-14)5-4-11-3-2-6-15-8-11/h2-3,6-9,13,16H,4-5,14H2,1H3. The van der Waals surface area contributed by atoms with Crippen molar-refractivity contribution in [3.8, 4) is 0 Å². The fraction of sp³-hybridized carbons (Fsp3) is 0.308. The van der Waals surface area contributed by atoms with Crippen molar-refractivity contribution >= 4 is 11.3 Å². The van der Waals surface area contributed by atoms with E-state index in [9.17, 15) is 0 Å². The van der Waals surface area contributed by atoms with Crippen LogP contribution >= 0.6 is 11.3 Å². The van der Waals surface area contributed by atoms with Gasteiger partial charge in [-0.25, -0.2) is 0 Å². The summed E-state index contributed by atoms with van der Waals surface area (Å²) in [6.07, 6.45) is 5.67. The summed E-state index contributed by atoms with van der Waals surface area (Å²) in [4.78, 5) is 5.44. The number of nitrogens with one attached hydrogen (secondary N) is 1. The van der Waals surface area contributed by atoms with Gasteiger partial charge in [0.25, 0.3) is 0 Å². The van der Waals surface area contributed by atoms with E-state index >= 15 is 0 Å². The zero-order chi connectivity index (χ0) is 12.1. The van der Waals surface area contributed by atoms with E-state index in [2.05, 4.69) is 34.8 Å². The van der Waals surface area contributed by atoms with Crippen LogP contribution in [-0.4, -0.2) is 4.98 Å². The van der Waals surface area contributed by atoms with Crippen molar-refractivity contribution in [3.63, 3.8) is 0 Å². The Bertz CT molecular complexity index is 453. The summed E-state index contributed by atoms with van der Waals surface area (Å²) in [5, 5.41) is 2.17. The molecule has 2 rings (SSSR count). The second-order valence-corrected chi connectivity index (χ2v) is 5.23. The lowest BCUT2D eigenvalue weighted by molar-refractivity contribution is 0.517. The van der Waals surface area contributed by atoms with Crippen molar-refractivity contribution in [2.45, 2.75) is 25.8 Å². The monoisotopic (exact) mass is 247 g/mol. The molecule has 0 saturated heterocycles. The highest BCUT2D eigenvalue weighted by Crippen LogP contribution is 2.23. The van der Waals surface area contributed by atoms with Crippen LogP contribution in [0.1, 0.15) is 28.5 Å². The van der Waals surface area contributed by atoms with Gasteiger partial charge in [-0.15, -0.1) is 11.3 Å². The molecule has 1 unspecified atom stereocenters. The van der Waals surface area contributed by atoms with Crippen molar-refractivity contribution in [2.75, 3.05) is 0 Å². The summed E-state index contributed by atoms with van der Waals surface area (Å²) < 4.78 is 0. The zero-order valence-corrected chi connectivity index (χ0v) is 10.7. The highest BCUT2D eigenvalue weighted by atomic mass is 32.1. The molecule has 0 aliphatic rings. The van der Waals surface area contributed by atoms with E-state index in [0.29, 0.717) is 0 Å². The van der Waals surface area contributed by atoms with Gasteiger partial charge in [0.1, 0.15) is 0 Å². The van der Waals surface area contributed by atoms with E-state index in [1.165, 1.54) is 16.0 Å². The molecule has 0 fully saturated rings. The van der Waals surface area contributed by atoms with E-state index in [-0.39, 0.29) is 6.04 Å². The van der Waals surface area contributed by atoms with E-state index in [4.69, 9.17) is 5.84 Å². The molecule has 1 atom stereocenters. The van der Waals surface area contributed by atoms with Crippen molar-refractivity contribution in [1.82, 2.24) is 10.4 Å². The molecule has 0 amide bonds. The van der Waals surface area contributed by atoms with Gasteiger partial charge in [-0.2, -0.15) is 0 Å².